The Morgan fingerprint density at radius 1 is 1.23 bits per heavy atom. The van der Waals surface area contributed by atoms with Crippen molar-refractivity contribution in [3.63, 3.8) is 0 Å². The van der Waals surface area contributed by atoms with E-state index in [1.807, 2.05) is 17.9 Å². The first kappa shape index (κ1) is 22.6. The number of benzene rings is 1. The van der Waals surface area contributed by atoms with Crippen LogP contribution in [0.25, 0.3) is 0 Å². The monoisotopic (exact) mass is 436 g/mol. The Bertz CT molecular complexity index is 881. The van der Waals surface area contributed by atoms with Gasteiger partial charge in [-0.1, -0.05) is 25.5 Å². The van der Waals surface area contributed by atoms with Crippen molar-refractivity contribution < 1.29 is 17.9 Å². The molecule has 2 heterocycles. The number of aliphatic imine (C=N–C) groups is 1. The molecule has 2 aliphatic heterocycles. The summed E-state index contributed by atoms with van der Waals surface area (Å²) in [7, 11) is -0.341. The molecule has 0 radical (unpaired) electrons. The van der Waals surface area contributed by atoms with Crippen molar-refractivity contribution in [1.82, 2.24) is 14.5 Å². The number of hydrogen-bond donors (Lipinski definition) is 1. The lowest BCUT2D eigenvalue weighted by atomic mass is 9.99. The molecule has 1 aromatic carbocycles. The van der Waals surface area contributed by atoms with E-state index in [4.69, 9.17) is 4.74 Å². The number of carbonyl (C=O) groups excluding carboxylic acids is 1. The number of rotatable bonds is 5. The molecule has 0 bridgehead atoms. The molecule has 2 aliphatic rings. The predicted molar refractivity (Wildman–Crippen MR) is 115 cm³/mol. The van der Waals surface area contributed by atoms with Crippen LogP contribution in [0.3, 0.4) is 0 Å². The van der Waals surface area contributed by atoms with E-state index < -0.39 is 10.0 Å². The average molecular weight is 437 g/mol. The minimum absolute atomic E-state index is 0.174. The summed E-state index contributed by atoms with van der Waals surface area (Å²) in [6.07, 6.45) is 2.91. The highest BCUT2D eigenvalue weighted by atomic mass is 32.2. The summed E-state index contributed by atoms with van der Waals surface area (Å²) in [4.78, 5) is 18.7. The SMILES string of the molecule is CN=C(NCc1cccc(S(=O)(=O)N2CCCCC2)c1)N1CC(C)C(C(=O)OC)C1. The first-order chi connectivity index (χ1) is 14.4. The number of piperidine rings is 1. The molecule has 0 saturated carbocycles. The number of hydrogen-bond acceptors (Lipinski definition) is 5. The van der Waals surface area contributed by atoms with E-state index >= 15 is 0 Å². The highest BCUT2D eigenvalue weighted by Crippen LogP contribution is 2.24. The molecular formula is C21H32N4O4S. The lowest BCUT2D eigenvalue weighted by Crippen LogP contribution is -2.40. The van der Waals surface area contributed by atoms with Crippen LogP contribution in [-0.4, -0.2) is 69.9 Å². The molecule has 2 unspecified atom stereocenters. The minimum atomic E-state index is -3.46. The zero-order valence-electron chi connectivity index (χ0n) is 18.0. The molecule has 1 N–H and O–H groups in total. The fourth-order valence-corrected chi connectivity index (χ4v) is 5.77. The second-order valence-corrected chi connectivity index (χ2v) is 9.96. The van der Waals surface area contributed by atoms with Gasteiger partial charge in [-0.15, -0.1) is 0 Å². The Labute approximate surface area is 179 Å². The van der Waals surface area contributed by atoms with Gasteiger partial charge < -0.3 is 15.0 Å². The number of likely N-dealkylation sites (tertiary alicyclic amines) is 1. The summed E-state index contributed by atoms with van der Waals surface area (Å²) < 4.78 is 32.4. The number of methoxy groups -OCH3 is 1. The van der Waals surface area contributed by atoms with Gasteiger partial charge in [0.15, 0.2) is 5.96 Å². The Balaban J connectivity index is 1.65. The van der Waals surface area contributed by atoms with Crippen LogP contribution >= 0.6 is 0 Å². The zero-order chi connectivity index (χ0) is 21.7. The maximum Gasteiger partial charge on any atom is 0.310 e. The predicted octanol–water partition coefficient (Wildman–Crippen LogP) is 1.68. The molecule has 0 aromatic heterocycles. The van der Waals surface area contributed by atoms with Gasteiger partial charge in [-0.25, -0.2) is 8.42 Å². The quantitative estimate of drug-likeness (QED) is 0.429. The second kappa shape index (κ2) is 9.78. The molecule has 166 valence electrons. The average Bonchev–Trinajstić information content (AvgIpc) is 3.16. The van der Waals surface area contributed by atoms with Crippen LogP contribution in [0.4, 0.5) is 0 Å². The van der Waals surface area contributed by atoms with Crippen molar-refractivity contribution in [1.29, 1.82) is 0 Å². The van der Waals surface area contributed by atoms with Gasteiger partial charge in [-0.3, -0.25) is 9.79 Å². The van der Waals surface area contributed by atoms with Gasteiger partial charge in [-0.2, -0.15) is 4.31 Å². The van der Waals surface area contributed by atoms with Crippen molar-refractivity contribution in [2.24, 2.45) is 16.8 Å². The van der Waals surface area contributed by atoms with Gasteiger partial charge in [0.25, 0.3) is 0 Å². The maximum absolute atomic E-state index is 12.9. The van der Waals surface area contributed by atoms with Gasteiger partial charge >= 0.3 is 5.97 Å². The van der Waals surface area contributed by atoms with E-state index in [0.717, 1.165) is 24.8 Å². The highest BCUT2D eigenvalue weighted by Gasteiger charge is 2.36. The minimum Gasteiger partial charge on any atom is -0.469 e. The Kier molecular flexibility index (Phi) is 7.36. The first-order valence-electron chi connectivity index (χ1n) is 10.5. The van der Waals surface area contributed by atoms with E-state index in [1.165, 1.54) is 7.11 Å². The molecule has 1 aromatic rings. The molecule has 2 fully saturated rings. The van der Waals surface area contributed by atoms with Crippen LogP contribution in [0.1, 0.15) is 31.7 Å². The standard InChI is InChI=1S/C21H32N4O4S/c1-16-14-24(15-19(16)20(26)29-3)21(22-2)23-13-17-8-7-9-18(12-17)30(27,28)25-10-5-4-6-11-25/h7-9,12,16,19H,4-6,10-11,13-15H2,1-3H3,(H,22,23). The Hall–Kier alpha value is -2.13. The van der Waals surface area contributed by atoms with E-state index in [2.05, 4.69) is 10.3 Å². The number of nitrogens with zero attached hydrogens (tertiary/aromatic N) is 3. The van der Waals surface area contributed by atoms with Gasteiger partial charge in [0.1, 0.15) is 0 Å². The van der Waals surface area contributed by atoms with E-state index in [1.54, 1.807) is 29.6 Å². The maximum atomic E-state index is 12.9. The lowest BCUT2D eigenvalue weighted by molar-refractivity contribution is -0.145. The molecular weight excluding hydrogens is 404 g/mol. The molecule has 0 aliphatic carbocycles. The number of esters is 1. The van der Waals surface area contributed by atoms with Gasteiger partial charge in [0, 0.05) is 39.8 Å². The number of nitrogens with one attached hydrogen (secondary N) is 1. The fourth-order valence-electron chi connectivity index (χ4n) is 4.18. The first-order valence-corrected chi connectivity index (χ1v) is 11.9. The number of ether oxygens (including phenoxy) is 1. The largest absolute Gasteiger partial charge is 0.469 e. The summed E-state index contributed by atoms with van der Waals surface area (Å²) in [5.41, 5.74) is 0.867. The smallest absolute Gasteiger partial charge is 0.310 e. The topological polar surface area (TPSA) is 91.3 Å². The molecule has 3 rings (SSSR count). The van der Waals surface area contributed by atoms with Crippen LogP contribution in [0.2, 0.25) is 0 Å². The van der Waals surface area contributed by atoms with Crippen LogP contribution < -0.4 is 5.32 Å². The third-order valence-corrected chi connectivity index (χ3v) is 7.82. The molecule has 0 amide bonds. The van der Waals surface area contributed by atoms with E-state index in [0.29, 0.717) is 43.6 Å². The van der Waals surface area contributed by atoms with Gasteiger partial charge in [0.2, 0.25) is 10.0 Å². The van der Waals surface area contributed by atoms with Crippen LogP contribution in [0.15, 0.2) is 34.2 Å². The number of carbonyl (C=O) groups is 1. The normalized spacial score (nSPS) is 23.4. The van der Waals surface area contributed by atoms with Gasteiger partial charge in [0.05, 0.1) is 17.9 Å². The van der Waals surface area contributed by atoms with E-state index in [-0.39, 0.29) is 17.8 Å². The van der Waals surface area contributed by atoms with Crippen molar-refractivity contribution in [3.05, 3.63) is 29.8 Å². The third-order valence-electron chi connectivity index (χ3n) is 5.93. The lowest BCUT2D eigenvalue weighted by Gasteiger charge is -2.26. The number of guanidine groups is 1. The van der Waals surface area contributed by atoms with Crippen molar-refractivity contribution in [3.8, 4) is 0 Å². The molecule has 2 saturated heterocycles. The second-order valence-electron chi connectivity index (χ2n) is 8.02. The van der Waals surface area contributed by atoms with Crippen molar-refractivity contribution in [2.45, 2.75) is 37.6 Å². The summed E-state index contributed by atoms with van der Waals surface area (Å²) in [5, 5.41) is 3.30. The molecule has 30 heavy (non-hydrogen) atoms. The fraction of sp³-hybridized carbons (Fsp3) is 0.619. The van der Waals surface area contributed by atoms with Crippen molar-refractivity contribution in [2.75, 3.05) is 40.3 Å². The Morgan fingerprint density at radius 2 is 1.97 bits per heavy atom. The summed E-state index contributed by atoms with van der Waals surface area (Å²) in [6.45, 7) is 4.92. The number of sulfonamides is 1. The molecule has 8 nitrogen and oxygen atoms in total. The van der Waals surface area contributed by atoms with Crippen LogP contribution in [0.5, 0.6) is 0 Å². The van der Waals surface area contributed by atoms with Crippen molar-refractivity contribution >= 4 is 22.0 Å². The van der Waals surface area contributed by atoms with Crippen LogP contribution in [0, 0.1) is 11.8 Å². The van der Waals surface area contributed by atoms with E-state index in [9.17, 15) is 13.2 Å². The zero-order valence-corrected chi connectivity index (χ0v) is 18.8. The summed E-state index contributed by atoms with van der Waals surface area (Å²) in [6, 6.07) is 7.07. The summed E-state index contributed by atoms with van der Waals surface area (Å²) >= 11 is 0. The summed E-state index contributed by atoms with van der Waals surface area (Å²) in [5.74, 6) is 0.495. The van der Waals surface area contributed by atoms with Gasteiger partial charge in [-0.05, 0) is 36.5 Å². The third kappa shape index (κ3) is 4.95. The molecule has 2 atom stereocenters. The van der Waals surface area contributed by atoms with Crippen LogP contribution in [-0.2, 0) is 26.1 Å². The molecule has 0 spiro atoms. The Morgan fingerprint density at radius 3 is 2.63 bits per heavy atom. The highest BCUT2D eigenvalue weighted by molar-refractivity contribution is 7.89. The molecule has 9 heteroatoms.